The summed E-state index contributed by atoms with van der Waals surface area (Å²) in [5.41, 5.74) is 7.92. The molecule has 0 spiro atoms. The van der Waals surface area contributed by atoms with E-state index in [1.165, 1.54) is 6.92 Å². The van der Waals surface area contributed by atoms with Gasteiger partial charge in [0, 0.05) is 4.91 Å². The molecular weight excluding hydrogens is 118 g/mol. The highest BCUT2D eigenvalue weighted by Crippen LogP contribution is 1.97. The van der Waals surface area contributed by atoms with Crippen molar-refractivity contribution in [1.82, 2.24) is 0 Å². The third-order valence-corrected chi connectivity index (χ3v) is 1.05. The summed E-state index contributed by atoms with van der Waals surface area (Å²) in [6.07, 6.45) is 0.583. The number of hydrogen-bond acceptors (Lipinski definition) is 2. The van der Waals surface area contributed by atoms with Gasteiger partial charge in [0.25, 0.3) is 0 Å². The van der Waals surface area contributed by atoms with E-state index in [1.54, 1.807) is 6.92 Å². The van der Waals surface area contributed by atoms with E-state index in [4.69, 9.17) is 5.53 Å². The normalized spacial score (nSPS) is 11.8. The first-order valence-corrected chi connectivity index (χ1v) is 2.77. The standard InChI is InChI=1S/C5H9N3O/c1-3-5(4(2)9)7-8-6/h5H,3H2,1-2H3. The van der Waals surface area contributed by atoms with Gasteiger partial charge in [0.15, 0.2) is 0 Å². The molecule has 0 aromatic heterocycles. The maximum atomic E-state index is 10.5. The van der Waals surface area contributed by atoms with E-state index in [-0.39, 0.29) is 5.78 Å². The molecule has 0 aliphatic carbocycles. The summed E-state index contributed by atoms with van der Waals surface area (Å²) in [4.78, 5) is 13.0. The molecule has 0 aromatic carbocycles. The minimum absolute atomic E-state index is 0.0738. The van der Waals surface area contributed by atoms with Crippen LogP contribution in [0.15, 0.2) is 5.11 Å². The van der Waals surface area contributed by atoms with Gasteiger partial charge in [0.2, 0.25) is 0 Å². The molecule has 0 aliphatic rings. The van der Waals surface area contributed by atoms with Crippen LogP contribution in [0.3, 0.4) is 0 Å². The van der Waals surface area contributed by atoms with Gasteiger partial charge in [-0.25, -0.2) is 0 Å². The summed E-state index contributed by atoms with van der Waals surface area (Å²) in [6.45, 7) is 3.23. The van der Waals surface area contributed by atoms with Crippen LogP contribution in [-0.4, -0.2) is 11.8 Å². The molecule has 4 heteroatoms. The number of hydrogen-bond donors (Lipinski definition) is 0. The number of nitrogens with zero attached hydrogens (tertiary/aromatic N) is 3. The summed E-state index contributed by atoms with van der Waals surface area (Å²) < 4.78 is 0. The number of ketones is 1. The highest BCUT2D eigenvalue weighted by Gasteiger charge is 2.06. The van der Waals surface area contributed by atoms with Gasteiger partial charge in [-0.2, -0.15) is 0 Å². The van der Waals surface area contributed by atoms with E-state index in [9.17, 15) is 4.79 Å². The maximum Gasteiger partial charge on any atom is 0.138 e. The van der Waals surface area contributed by atoms with Crippen LogP contribution in [0.25, 0.3) is 10.4 Å². The van der Waals surface area contributed by atoms with Crippen LogP contribution >= 0.6 is 0 Å². The lowest BCUT2D eigenvalue weighted by Crippen LogP contribution is -2.11. The Balaban J connectivity index is 3.98. The first-order chi connectivity index (χ1) is 4.22. The number of azide groups is 1. The highest BCUT2D eigenvalue weighted by molar-refractivity contribution is 5.81. The van der Waals surface area contributed by atoms with Gasteiger partial charge in [0.05, 0.1) is 6.04 Å². The Hall–Kier alpha value is -1.02. The molecular formula is C5H9N3O. The SMILES string of the molecule is CCC(N=[N+]=[N-])C(C)=O. The van der Waals surface area contributed by atoms with Crippen molar-refractivity contribution >= 4 is 5.78 Å². The quantitative estimate of drug-likeness (QED) is 0.323. The number of carbonyl (C=O) groups excluding carboxylic acids is 1. The van der Waals surface area contributed by atoms with E-state index < -0.39 is 6.04 Å². The Kier molecular flexibility index (Phi) is 3.48. The van der Waals surface area contributed by atoms with Crippen molar-refractivity contribution in [3.63, 3.8) is 0 Å². The second-order valence-electron chi connectivity index (χ2n) is 1.74. The number of Topliss-reactive ketones (excluding diaryl/α,β-unsaturated/α-hetero) is 1. The number of carbonyl (C=O) groups is 1. The molecule has 0 fully saturated rings. The first kappa shape index (κ1) is 7.98. The van der Waals surface area contributed by atoms with Crippen LogP contribution < -0.4 is 0 Å². The van der Waals surface area contributed by atoms with Crippen LogP contribution in [0.4, 0.5) is 0 Å². The molecule has 0 saturated carbocycles. The van der Waals surface area contributed by atoms with E-state index >= 15 is 0 Å². The van der Waals surface area contributed by atoms with Gasteiger partial charge in [-0.1, -0.05) is 12.0 Å². The van der Waals surface area contributed by atoms with Crippen molar-refractivity contribution in [2.45, 2.75) is 26.3 Å². The van der Waals surface area contributed by atoms with E-state index in [0.717, 1.165) is 0 Å². The van der Waals surface area contributed by atoms with Crippen LogP contribution in [0, 0.1) is 0 Å². The summed E-state index contributed by atoms with van der Waals surface area (Å²) in [5, 5.41) is 3.27. The van der Waals surface area contributed by atoms with Crippen LogP contribution in [0.1, 0.15) is 20.3 Å². The number of rotatable bonds is 3. The Morgan fingerprint density at radius 1 is 1.89 bits per heavy atom. The Morgan fingerprint density at radius 3 is 2.56 bits per heavy atom. The molecule has 0 rings (SSSR count). The Bertz CT molecular complexity index is 146. The fraction of sp³-hybridized carbons (Fsp3) is 0.800. The molecule has 0 aliphatic heterocycles. The van der Waals surface area contributed by atoms with Gasteiger partial charge in [-0.3, -0.25) is 4.79 Å². The molecule has 50 valence electrons. The van der Waals surface area contributed by atoms with E-state index in [1.807, 2.05) is 0 Å². The molecule has 0 aromatic rings. The molecule has 0 radical (unpaired) electrons. The summed E-state index contributed by atoms with van der Waals surface area (Å²) in [7, 11) is 0. The predicted octanol–water partition coefficient (Wildman–Crippen LogP) is 1.66. The van der Waals surface area contributed by atoms with Gasteiger partial charge in [-0.05, 0) is 18.9 Å². The largest absolute Gasteiger partial charge is 0.300 e. The molecule has 0 amide bonds. The Labute approximate surface area is 53.5 Å². The summed E-state index contributed by atoms with van der Waals surface area (Å²) >= 11 is 0. The summed E-state index contributed by atoms with van der Waals surface area (Å²) in [6, 6.07) is -0.463. The zero-order valence-electron chi connectivity index (χ0n) is 5.53. The average Bonchev–Trinajstić information content (AvgIpc) is 1.82. The van der Waals surface area contributed by atoms with Gasteiger partial charge >= 0.3 is 0 Å². The third kappa shape index (κ3) is 2.72. The van der Waals surface area contributed by atoms with Crippen LogP contribution in [0.5, 0.6) is 0 Å². The van der Waals surface area contributed by atoms with Gasteiger partial charge in [0.1, 0.15) is 5.78 Å². The maximum absolute atomic E-state index is 10.5. The van der Waals surface area contributed by atoms with Gasteiger partial charge in [-0.15, -0.1) is 0 Å². The monoisotopic (exact) mass is 127 g/mol. The highest BCUT2D eigenvalue weighted by atomic mass is 16.1. The summed E-state index contributed by atoms with van der Waals surface area (Å²) in [5.74, 6) is -0.0738. The minimum Gasteiger partial charge on any atom is -0.300 e. The molecule has 0 heterocycles. The first-order valence-electron chi connectivity index (χ1n) is 2.77. The van der Waals surface area contributed by atoms with Crippen molar-refractivity contribution in [3.05, 3.63) is 10.4 Å². The van der Waals surface area contributed by atoms with Crippen molar-refractivity contribution in [1.29, 1.82) is 0 Å². The zero-order valence-corrected chi connectivity index (χ0v) is 5.53. The topological polar surface area (TPSA) is 65.8 Å². The molecule has 0 bridgehead atoms. The fourth-order valence-electron chi connectivity index (χ4n) is 0.513. The molecule has 0 N–H and O–H groups in total. The van der Waals surface area contributed by atoms with E-state index in [0.29, 0.717) is 6.42 Å². The molecule has 0 saturated heterocycles. The average molecular weight is 127 g/mol. The van der Waals surface area contributed by atoms with Crippen LogP contribution in [-0.2, 0) is 4.79 Å². The fourth-order valence-corrected chi connectivity index (χ4v) is 0.513. The van der Waals surface area contributed by atoms with Gasteiger partial charge < -0.3 is 0 Å². The second-order valence-corrected chi connectivity index (χ2v) is 1.74. The third-order valence-electron chi connectivity index (χ3n) is 1.05. The second kappa shape index (κ2) is 3.92. The molecule has 1 atom stereocenters. The lowest BCUT2D eigenvalue weighted by atomic mass is 10.2. The van der Waals surface area contributed by atoms with Crippen molar-refractivity contribution in [2.24, 2.45) is 5.11 Å². The zero-order chi connectivity index (χ0) is 7.28. The van der Waals surface area contributed by atoms with E-state index in [2.05, 4.69) is 10.0 Å². The lowest BCUT2D eigenvalue weighted by molar-refractivity contribution is -0.118. The van der Waals surface area contributed by atoms with Crippen molar-refractivity contribution in [3.8, 4) is 0 Å². The van der Waals surface area contributed by atoms with Crippen LogP contribution in [0.2, 0.25) is 0 Å². The van der Waals surface area contributed by atoms with Crippen molar-refractivity contribution < 1.29 is 4.79 Å². The predicted molar refractivity (Wildman–Crippen MR) is 33.9 cm³/mol. The Morgan fingerprint density at radius 2 is 2.44 bits per heavy atom. The smallest absolute Gasteiger partial charge is 0.138 e. The molecule has 4 nitrogen and oxygen atoms in total. The lowest BCUT2D eigenvalue weighted by Gasteiger charge is -1.98. The molecule has 1 unspecified atom stereocenters. The minimum atomic E-state index is -0.463. The van der Waals surface area contributed by atoms with Crippen molar-refractivity contribution in [2.75, 3.05) is 0 Å². The molecule has 9 heavy (non-hydrogen) atoms.